The van der Waals surface area contributed by atoms with E-state index in [0.717, 1.165) is 25.0 Å². The fraction of sp³-hybridized carbons (Fsp3) is 1.00. The third kappa shape index (κ3) is 4.87. The average molecular weight is 254 g/mol. The van der Waals surface area contributed by atoms with Gasteiger partial charge in [0.2, 0.25) is 0 Å². The summed E-state index contributed by atoms with van der Waals surface area (Å²) in [5.41, 5.74) is 0.384. The van der Waals surface area contributed by atoms with E-state index in [1.807, 2.05) is 0 Å². The molecule has 0 radical (unpaired) electrons. The lowest BCUT2D eigenvalue weighted by atomic mass is 9.89. The van der Waals surface area contributed by atoms with Crippen LogP contribution in [0.1, 0.15) is 39.5 Å². The lowest BCUT2D eigenvalue weighted by molar-refractivity contribution is 0.124. The average Bonchev–Trinajstić information content (AvgIpc) is 3.05. The third-order valence-electron chi connectivity index (χ3n) is 4.28. The Morgan fingerprint density at radius 3 is 2.72 bits per heavy atom. The van der Waals surface area contributed by atoms with Crippen LogP contribution in [0.3, 0.4) is 0 Å². The molecular formula is C15H30N2O. The van der Waals surface area contributed by atoms with Crippen LogP contribution in [0.4, 0.5) is 0 Å². The molecule has 2 fully saturated rings. The summed E-state index contributed by atoms with van der Waals surface area (Å²) in [6, 6.07) is 0.859. The maximum atomic E-state index is 5.21. The van der Waals surface area contributed by atoms with E-state index in [9.17, 15) is 0 Å². The molecule has 1 saturated carbocycles. The molecule has 1 unspecified atom stereocenters. The van der Waals surface area contributed by atoms with Crippen molar-refractivity contribution in [1.29, 1.82) is 0 Å². The molecule has 0 aromatic heterocycles. The highest BCUT2D eigenvalue weighted by Gasteiger charge is 2.29. The Morgan fingerprint density at radius 1 is 1.28 bits per heavy atom. The molecule has 1 aliphatic heterocycles. The number of nitrogens with zero attached hydrogens (tertiary/aromatic N) is 1. The maximum absolute atomic E-state index is 5.21. The largest absolute Gasteiger partial charge is 0.385 e. The molecule has 2 rings (SSSR count). The fourth-order valence-electron chi connectivity index (χ4n) is 2.91. The first-order chi connectivity index (χ1) is 8.59. The Morgan fingerprint density at radius 2 is 2.06 bits per heavy atom. The monoisotopic (exact) mass is 254 g/mol. The number of rotatable bonds is 8. The Balaban J connectivity index is 1.64. The summed E-state index contributed by atoms with van der Waals surface area (Å²) in [5, 5.41) is 3.67. The molecule has 1 atom stereocenters. The molecule has 1 N–H and O–H groups in total. The Kier molecular flexibility index (Phi) is 5.05. The minimum atomic E-state index is 0.384. The first kappa shape index (κ1) is 14.3. The molecule has 0 bridgehead atoms. The Labute approximate surface area is 112 Å². The zero-order valence-corrected chi connectivity index (χ0v) is 12.4. The number of likely N-dealkylation sites (tertiary alicyclic amines) is 1. The summed E-state index contributed by atoms with van der Waals surface area (Å²) in [6.45, 7) is 10.6. The van der Waals surface area contributed by atoms with Crippen molar-refractivity contribution in [2.45, 2.75) is 45.6 Å². The van der Waals surface area contributed by atoms with Crippen molar-refractivity contribution in [3.8, 4) is 0 Å². The van der Waals surface area contributed by atoms with Gasteiger partial charge in [-0.15, -0.1) is 0 Å². The number of ether oxygens (including phenoxy) is 1. The predicted octanol–water partition coefficient (Wildman–Crippen LogP) is 2.12. The van der Waals surface area contributed by atoms with Crippen LogP contribution in [0.15, 0.2) is 0 Å². The van der Waals surface area contributed by atoms with E-state index in [1.165, 1.54) is 45.4 Å². The van der Waals surface area contributed by atoms with E-state index < -0.39 is 0 Å². The van der Waals surface area contributed by atoms with Gasteiger partial charge in [-0.05, 0) is 50.1 Å². The van der Waals surface area contributed by atoms with Gasteiger partial charge in [-0.25, -0.2) is 0 Å². The molecule has 1 saturated heterocycles. The molecule has 18 heavy (non-hydrogen) atoms. The van der Waals surface area contributed by atoms with Crippen molar-refractivity contribution in [2.24, 2.45) is 11.3 Å². The zero-order valence-electron chi connectivity index (χ0n) is 12.4. The van der Waals surface area contributed by atoms with Gasteiger partial charge in [0.25, 0.3) is 0 Å². The second kappa shape index (κ2) is 6.36. The van der Waals surface area contributed by atoms with Gasteiger partial charge in [0.05, 0.1) is 0 Å². The van der Waals surface area contributed by atoms with Gasteiger partial charge in [-0.1, -0.05) is 13.8 Å². The summed E-state index contributed by atoms with van der Waals surface area (Å²) in [7, 11) is 1.80. The number of hydrogen-bond donors (Lipinski definition) is 1. The van der Waals surface area contributed by atoms with Gasteiger partial charge in [0.15, 0.2) is 0 Å². The lowest BCUT2D eigenvalue weighted by Crippen LogP contribution is -2.34. The van der Waals surface area contributed by atoms with Crippen LogP contribution in [-0.2, 0) is 4.74 Å². The summed E-state index contributed by atoms with van der Waals surface area (Å²) >= 11 is 0. The van der Waals surface area contributed by atoms with E-state index in [2.05, 4.69) is 24.1 Å². The van der Waals surface area contributed by atoms with E-state index in [0.29, 0.717) is 5.41 Å². The topological polar surface area (TPSA) is 24.5 Å². The van der Waals surface area contributed by atoms with Gasteiger partial charge in [-0.2, -0.15) is 0 Å². The first-order valence-electron chi connectivity index (χ1n) is 7.54. The van der Waals surface area contributed by atoms with Crippen LogP contribution in [0, 0.1) is 11.3 Å². The van der Waals surface area contributed by atoms with Crippen molar-refractivity contribution < 1.29 is 4.74 Å². The lowest BCUT2D eigenvalue weighted by Gasteiger charge is -2.30. The Bertz CT molecular complexity index is 251. The van der Waals surface area contributed by atoms with Gasteiger partial charge in [-0.3, -0.25) is 0 Å². The van der Waals surface area contributed by atoms with Crippen LogP contribution in [0.25, 0.3) is 0 Å². The van der Waals surface area contributed by atoms with E-state index >= 15 is 0 Å². The van der Waals surface area contributed by atoms with Gasteiger partial charge >= 0.3 is 0 Å². The number of nitrogens with one attached hydrogen (secondary N) is 1. The predicted molar refractivity (Wildman–Crippen MR) is 75.8 cm³/mol. The molecule has 0 aromatic carbocycles. The van der Waals surface area contributed by atoms with E-state index in [1.54, 1.807) is 7.11 Å². The van der Waals surface area contributed by atoms with Crippen molar-refractivity contribution >= 4 is 0 Å². The van der Waals surface area contributed by atoms with Crippen LogP contribution >= 0.6 is 0 Å². The number of hydrogen-bond acceptors (Lipinski definition) is 3. The molecular weight excluding hydrogens is 224 g/mol. The molecule has 0 amide bonds. The highest BCUT2D eigenvalue weighted by atomic mass is 16.5. The van der Waals surface area contributed by atoms with Gasteiger partial charge in [0, 0.05) is 32.8 Å². The molecule has 0 aromatic rings. The molecule has 2 aliphatic rings. The highest BCUT2D eigenvalue weighted by Crippen LogP contribution is 2.26. The second-order valence-electron chi connectivity index (χ2n) is 6.98. The molecule has 1 heterocycles. The van der Waals surface area contributed by atoms with Crippen molar-refractivity contribution in [3.05, 3.63) is 0 Å². The molecule has 0 spiro atoms. The SMILES string of the molecule is COCCC(C)(C)CN1CCC(CNC2CC2)C1. The van der Waals surface area contributed by atoms with Gasteiger partial charge < -0.3 is 15.0 Å². The highest BCUT2D eigenvalue weighted by molar-refractivity contribution is 4.86. The maximum Gasteiger partial charge on any atom is 0.0467 e. The molecule has 1 aliphatic carbocycles. The molecule has 3 heteroatoms. The Hall–Kier alpha value is -0.120. The van der Waals surface area contributed by atoms with Crippen LogP contribution < -0.4 is 5.32 Å². The quantitative estimate of drug-likeness (QED) is 0.718. The summed E-state index contributed by atoms with van der Waals surface area (Å²) < 4.78 is 5.21. The second-order valence-corrected chi connectivity index (χ2v) is 6.98. The fourth-order valence-corrected chi connectivity index (χ4v) is 2.91. The molecule has 106 valence electrons. The normalized spacial score (nSPS) is 25.8. The van der Waals surface area contributed by atoms with Crippen molar-refractivity contribution in [3.63, 3.8) is 0 Å². The summed E-state index contributed by atoms with van der Waals surface area (Å²) in [4.78, 5) is 2.65. The van der Waals surface area contributed by atoms with E-state index in [4.69, 9.17) is 4.74 Å². The molecule has 3 nitrogen and oxygen atoms in total. The van der Waals surface area contributed by atoms with Gasteiger partial charge in [0.1, 0.15) is 0 Å². The van der Waals surface area contributed by atoms with E-state index in [-0.39, 0.29) is 0 Å². The summed E-state index contributed by atoms with van der Waals surface area (Å²) in [5.74, 6) is 0.879. The third-order valence-corrected chi connectivity index (χ3v) is 4.28. The first-order valence-corrected chi connectivity index (χ1v) is 7.54. The van der Waals surface area contributed by atoms with Crippen LogP contribution in [0.5, 0.6) is 0 Å². The minimum Gasteiger partial charge on any atom is -0.385 e. The smallest absolute Gasteiger partial charge is 0.0467 e. The minimum absolute atomic E-state index is 0.384. The standard InChI is InChI=1S/C15H30N2O/c1-15(2,7-9-18-3)12-17-8-6-13(11-17)10-16-14-4-5-14/h13-14,16H,4-12H2,1-3H3. The summed E-state index contributed by atoms with van der Waals surface area (Å²) in [6.07, 6.45) is 5.34. The van der Waals surface area contributed by atoms with Crippen LogP contribution in [0.2, 0.25) is 0 Å². The van der Waals surface area contributed by atoms with Crippen LogP contribution in [-0.4, -0.2) is 50.8 Å². The zero-order chi connectivity index (χ0) is 13.0. The van der Waals surface area contributed by atoms with Crippen molar-refractivity contribution in [1.82, 2.24) is 10.2 Å². The van der Waals surface area contributed by atoms with Crippen molar-refractivity contribution in [2.75, 3.05) is 39.9 Å². The number of methoxy groups -OCH3 is 1.